The number of aliphatic carboxylic acids is 1. The monoisotopic (exact) mass is 416 g/mol. The maximum absolute atomic E-state index is 9.90. The van der Waals surface area contributed by atoms with Crippen LogP contribution < -0.4 is 5.11 Å². The Morgan fingerprint density at radius 2 is 1.17 bits per heavy atom. The van der Waals surface area contributed by atoms with E-state index in [2.05, 4.69) is 91.0 Å². The Morgan fingerprint density at radius 3 is 1.52 bits per heavy atom. The topological polar surface area (TPSA) is 40.1 Å². The van der Waals surface area contributed by atoms with E-state index in [9.17, 15) is 9.90 Å². The van der Waals surface area contributed by atoms with Crippen LogP contribution in [0.1, 0.15) is 5.56 Å². The number of rotatable bonds is 5. The highest BCUT2D eigenvalue weighted by Crippen LogP contribution is 2.30. The van der Waals surface area contributed by atoms with E-state index in [-0.39, 0.29) is 10.9 Å². The van der Waals surface area contributed by atoms with E-state index in [0.717, 1.165) is 11.6 Å². The molecule has 0 saturated carbocycles. The van der Waals surface area contributed by atoms with E-state index in [4.69, 9.17) is 0 Å². The number of hydrogen-bond acceptors (Lipinski definition) is 3. The molecule has 29 heavy (non-hydrogen) atoms. The van der Waals surface area contributed by atoms with Crippen molar-refractivity contribution in [3.8, 4) is 0 Å². The average Bonchev–Trinajstić information content (AvgIpc) is 3.29. The fourth-order valence-electron chi connectivity index (χ4n) is 2.61. The van der Waals surface area contributed by atoms with Crippen molar-refractivity contribution in [1.82, 2.24) is 0 Å². The van der Waals surface area contributed by atoms with Gasteiger partial charge in [-0.25, -0.2) is 0 Å². The molecule has 0 unspecified atom stereocenters. The van der Waals surface area contributed by atoms with Crippen LogP contribution in [0.2, 0.25) is 0 Å². The van der Waals surface area contributed by atoms with Gasteiger partial charge in [-0.15, -0.1) is 0 Å². The summed E-state index contributed by atoms with van der Waals surface area (Å²) < 4.78 is 0. The van der Waals surface area contributed by atoms with Crippen molar-refractivity contribution in [3.05, 3.63) is 119 Å². The molecule has 4 aromatic rings. The minimum Gasteiger partial charge on any atom is -0.545 e. The quantitative estimate of drug-likeness (QED) is 0.327. The number of carboxylic acids is 1. The van der Waals surface area contributed by atoms with Crippen LogP contribution in [-0.4, -0.2) is 5.97 Å². The van der Waals surface area contributed by atoms with Gasteiger partial charge in [-0.1, -0.05) is 60.7 Å². The Hall–Kier alpha value is -3.08. The van der Waals surface area contributed by atoms with Crippen molar-refractivity contribution >= 4 is 34.3 Å². The predicted molar refractivity (Wildman–Crippen MR) is 120 cm³/mol. The molecular formula is C25H20O2S2. The summed E-state index contributed by atoms with van der Waals surface area (Å²) in [4.78, 5) is 14.0. The van der Waals surface area contributed by atoms with E-state index < -0.39 is 5.97 Å². The van der Waals surface area contributed by atoms with Crippen molar-refractivity contribution in [2.24, 2.45) is 0 Å². The number of thiophene rings is 1. The third-order valence-corrected chi connectivity index (χ3v) is 6.82. The zero-order chi connectivity index (χ0) is 20.3. The Balaban J connectivity index is 0.000000204. The minimum atomic E-state index is -1.16. The third kappa shape index (κ3) is 6.49. The van der Waals surface area contributed by atoms with Crippen molar-refractivity contribution < 1.29 is 9.90 Å². The van der Waals surface area contributed by atoms with Crippen LogP contribution in [0.5, 0.6) is 0 Å². The van der Waals surface area contributed by atoms with Gasteiger partial charge in [-0.2, -0.15) is 11.3 Å². The molecule has 3 aromatic carbocycles. The van der Waals surface area contributed by atoms with Crippen LogP contribution in [-0.2, 0) is 15.7 Å². The van der Waals surface area contributed by atoms with Crippen molar-refractivity contribution in [2.75, 3.05) is 0 Å². The molecule has 0 radical (unpaired) electrons. The largest absolute Gasteiger partial charge is 0.545 e. The number of hydrogen-bond donors (Lipinski definition) is 0. The van der Waals surface area contributed by atoms with E-state index in [1.807, 2.05) is 16.8 Å². The Bertz CT molecular complexity index is 918. The second kappa shape index (κ2) is 11.1. The van der Waals surface area contributed by atoms with Gasteiger partial charge in [0.1, 0.15) is 0 Å². The number of carbonyl (C=O) groups is 1. The summed E-state index contributed by atoms with van der Waals surface area (Å²) >= 11 is 1.53. The van der Waals surface area contributed by atoms with Crippen LogP contribution in [0.15, 0.2) is 129 Å². The highest BCUT2D eigenvalue weighted by Gasteiger charge is 2.27. The summed E-state index contributed by atoms with van der Waals surface area (Å²) in [5.74, 6) is -1.16. The first-order valence-corrected chi connectivity index (χ1v) is 11.2. The molecule has 0 amide bonds. The Kier molecular flexibility index (Phi) is 7.87. The molecule has 0 aliphatic rings. The van der Waals surface area contributed by atoms with Crippen molar-refractivity contribution in [3.63, 3.8) is 0 Å². The Labute approximate surface area is 178 Å². The third-order valence-electron chi connectivity index (χ3n) is 3.89. The van der Waals surface area contributed by atoms with Crippen molar-refractivity contribution in [1.29, 1.82) is 0 Å². The van der Waals surface area contributed by atoms with E-state index in [1.54, 1.807) is 0 Å². The molecule has 1 heterocycles. The fourth-order valence-corrected chi connectivity index (χ4v) is 5.35. The molecule has 0 bridgehead atoms. The molecule has 0 saturated heterocycles. The second-order valence-corrected chi connectivity index (χ2v) is 8.76. The molecule has 0 atom stereocenters. The molecule has 0 spiro atoms. The first-order valence-electron chi connectivity index (χ1n) is 9.05. The van der Waals surface area contributed by atoms with Crippen LogP contribution in [0.3, 0.4) is 0 Å². The summed E-state index contributed by atoms with van der Waals surface area (Å²) in [5.41, 5.74) is 0.897. The van der Waals surface area contributed by atoms with E-state index in [0.29, 0.717) is 0 Å². The van der Waals surface area contributed by atoms with Gasteiger partial charge in [0.05, 0.1) is 16.9 Å². The van der Waals surface area contributed by atoms with E-state index in [1.165, 1.54) is 32.1 Å². The molecule has 0 fully saturated rings. The highest BCUT2D eigenvalue weighted by atomic mass is 32.2. The van der Waals surface area contributed by atoms with Crippen molar-refractivity contribution in [2.45, 2.75) is 14.7 Å². The molecule has 144 valence electrons. The van der Waals surface area contributed by atoms with Crippen LogP contribution in [0, 0.1) is 0 Å². The van der Waals surface area contributed by atoms with Crippen LogP contribution in [0.25, 0.3) is 6.08 Å². The van der Waals surface area contributed by atoms with Gasteiger partial charge in [-0.05, 0) is 64.9 Å². The SMILES string of the molecule is O=C([O-])/C=C/c1ccsc1.c1ccc([S+](c2ccccc2)c2ccccc2)cc1. The molecule has 4 heteroatoms. The van der Waals surface area contributed by atoms with Gasteiger partial charge >= 0.3 is 0 Å². The van der Waals surface area contributed by atoms with Crippen LogP contribution >= 0.6 is 11.3 Å². The highest BCUT2D eigenvalue weighted by molar-refractivity contribution is 7.97. The second-order valence-electron chi connectivity index (χ2n) is 5.95. The zero-order valence-electron chi connectivity index (χ0n) is 15.7. The summed E-state index contributed by atoms with van der Waals surface area (Å²) in [5, 5.41) is 13.6. The molecule has 1 aromatic heterocycles. The molecular weight excluding hydrogens is 396 g/mol. The summed E-state index contributed by atoms with van der Waals surface area (Å²) in [7, 11) is -0.0146. The number of carboxylic acid groups (broad SMARTS) is 1. The molecule has 4 rings (SSSR count). The minimum absolute atomic E-state index is 0.0146. The van der Waals surface area contributed by atoms with Gasteiger partial charge in [0.15, 0.2) is 14.7 Å². The molecule has 0 aliphatic carbocycles. The summed E-state index contributed by atoms with van der Waals surface area (Å²) in [6.07, 6.45) is 2.52. The maximum atomic E-state index is 9.90. The lowest BCUT2D eigenvalue weighted by molar-refractivity contribution is -0.297. The number of carbonyl (C=O) groups excluding carboxylic acids is 1. The lowest BCUT2D eigenvalue weighted by Crippen LogP contribution is -2.18. The fraction of sp³-hybridized carbons (Fsp3) is 0. The van der Waals surface area contributed by atoms with Gasteiger partial charge in [-0.3, -0.25) is 0 Å². The molecule has 2 nitrogen and oxygen atoms in total. The maximum Gasteiger partial charge on any atom is 0.166 e. The van der Waals surface area contributed by atoms with Gasteiger partial charge < -0.3 is 9.90 Å². The average molecular weight is 417 g/mol. The van der Waals surface area contributed by atoms with Gasteiger partial charge in [0.2, 0.25) is 0 Å². The smallest absolute Gasteiger partial charge is 0.166 e. The van der Waals surface area contributed by atoms with Gasteiger partial charge in [0, 0.05) is 0 Å². The standard InChI is InChI=1S/C18H15S.C7H6O2S/c1-4-10-16(11-5-1)19(17-12-6-2-7-13-17)18-14-8-3-9-15-18;8-7(9)2-1-6-3-4-10-5-6/h1-15H;1-5H,(H,8,9)/q+1;/p-1/b;2-1+. The lowest BCUT2D eigenvalue weighted by atomic mass is 10.3. The van der Waals surface area contributed by atoms with Gasteiger partial charge in [0.25, 0.3) is 0 Å². The molecule has 0 aliphatic heterocycles. The summed E-state index contributed by atoms with van der Waals surface area (Å²) in [6.45, 7) is 0. The first kappa shape index (κ1) is 20.6. The van der Waals surface area contributed by atoms with Crippen LogP contribution in [0.4, 0.5) is 0 Å². The lowest BCUT2D eigenvalue weighted by Gasteiger charge is -2.07. The zero-order valence-corrected chi connectivity index (χ0v) is 17.3. The first-order chi connectivity index (χ1) is 14.2. The normalized spacial score (nSPS) is 10.5. The number of benzene rings is 3. The summed E-state index contributed by atoms with van der Waals surface area (Å²) in [6, 6.07) is 34.0. The van der Waals surface area contributed by atoms with E-state index >= 15 is 0 Å². The Morgan fingerprint density at radius 1 is 0.724 bits per heavy atom. The molecule has 0 N–H and O–H groups in total. The predicted octanol–water partition coefficient (Wildman–Crippen LogP) is 5.29.